The zero-order valence-electron chi connectivity index (χ0n) is 4.35. The van der Waals surface area contributed by atoms with Gasteiger partial charge in [0.2, 0.25) is 0 Å². The molecular weight excluding hydrogens is 334 g/mol. The number of rotatable bonds is 1. The van der Waals surface area contributed by atoms with Crippen LogP contribution < -0.4 is 0 Å². The predicted octanol–water partition coefficient (Wildman–Crippen LogP) is 2.61. The van der Waals surface area contributed by atoms with Crippen LogP contribution in [0.3, 0.4) is 0 Å². The predicted molar refractivity (Wildman–Crippen MR) is 34.9 cm³/mol. The Hall–Kier alpha value is 0.933. The molecule has 1 aromatic heterocycles. The SMILES string of the molecule is Cc1cscc1S[At]. The third-order valence-corrected chi connectivity index (χ3v) is 4.45. The van der Waals surface area contributed by atoms with Gasteiger partial charge in [-0.05, 0) is 0 Å². The molecule has 0 atom stereocenters. The Morgan fingerprint density at radius 2 is 2.38 bits per heavy atom. The van der Waals surface area contributed by atoms with Crippen LogP contribution in [0.1, 0.15) is 5.56 Å². The number of aryl methyl sites for hydroxylation is 1. The molecule has 1 rings (SSSR count). The second-order valence-electron chi connectivity index (χ2n) is 1.50. The van der Waals surface area contributed by atoms with Gasteiger partial charge >= 0.3 is 71.3 Å². The summed E-state index contributed by atoms with van der Waals surface area (Å²) < 4.78 is 0. The first-order chi connectivity index (χ1) is 3.84. The fourth-order valence-electron chi connectivity index (χ4n) is 0.428. The second-order valence-corrected chi connectivity index (χ2v) is 4.63. The average molecular weight is 339 g/mol. The zero-order valence-corrected chi connectivity index (χ0v) is 8.92. The number of thiophene rings is 1. The Balaban J connectivity index is 2.92. The first-order valence-corrected chi connectivity index (χ1v) is 7.42. The zero-order chi connectivity index (χ0) is 5.98. The average Bonchev–Trinajstić information content (AvgIpc) is 2.14. The van der Waals surface area contributed by atoms with Gasteiger partial charge in [-0.2, -0.15) is 0 Å². The van der Waals surface area contributed by atoms with Crippen LogP contribution in [-0.4, -0.2) is 0 Å². The summed E-state index contributed by atoms with van der Waals surface area (Å²) in [6.45, 7) is 2.15. The second kappa shape index (κ2) is 3.19. The van der Waals surface area contributed by atoms with Crippen molar-refractivity contribution in [2.75, 3.05) is 0 Å². The van der Waals surface area contributed by atoms with Crippen LogP contribution >= 0.6 is 19.9 Å². The summed E-state index contributed by atoms with van der Waals surface area (Å²) in [5.74, 6) is 0. The Bertz CT molecular complexity index is 171. The molecule has 1 aromatic rings. The van der Waals surface area contributed by atoms with E-state index in [1.807, 2.05) is 8.52 Å². The normalized spacial score (nSPS) is 9.75. The summed E-state index contributed by atoms with van der Waals surface area (Å²) in [6, 6.07) is 0. The third-order valence-electron chi connectivity index (χ3n) is 0.892. The van der Waals surface area contributed by atoms with Crippen LogP contribution in [-0.2, 0) is 0 Å². The molecule has 0 saturated heterocycles. The topological polar surface area (TPSA) is 0 Å². The quantitative estimate of drug-likeness (QED) is 0.758. The van der Waals surface area contributed by atoms with Crippen LogP contribution in [0, 0.1) is 30.2 Å². The molecule has 0 nitrogen and oxygen atoms in total. The molecule has 0 bridgehead atoms. The van der Waals surface area contributed by atoms with Crippen LogP contribution in [0.2, 0.25) is 0 Å². The first-order valence-electron chi connectivity index (χ1n) is 2.16. The summed E-state index contributed by atoms with van der Waals surface area (Å²) in [4.78, 5) is 1.44. The molecule has 0 aliphatic rings. The van der Waals surface area contributed by atoms with Crippen LogP contribution in [0.5, 0.6) is 0 Å². The molecule has 0 aliphatic carbocycles. The van der Waals surface area contributed by atoms with Gasteiger partial charge in [0.1, 0.15) is 0 Å². The van der Waals surface area contributed by atoms with Gasteiger partial charge in [0, 0.05) is 0 Å². The van der Waals surface area contributed by atoms with Crippen molar-refractivity contribution in [1.82, 2.24) is 0 Å². The van der Waals surface area contributed by atoms with E-state index in [9.17, 15) is 0 Å². The van der Waals surface area contributed by atoms with Crippen molar-refractivity contribution in [3.63, 3.8) is 0 Å². The van der Waals surface area contributed by atoms with Gasteiger partial charge < -0.3 is 0 Å². The van der Waals surface area contributed by atoms with Gasteiger partial charge in [-0.25, -0.2) is 0 Å². The van der Waals surface area contributed by atoms with Gasteiger partial charge in [0.15, 0.2) is 0 Å². The maximum atomic E-state index is 2.19. The Labute approximate surface area is 70.8 Å². The third kappa shape index (κ3) is 1.46. The first kappa shape index (κ1) is 7.05. The molecular formula is C5H5AtS2. The van der Waals surface area contributed by atoms with Gasteiger partial charge in [0.25, 0.3) is 0 Å². The molecule has 0 fully saturated rings. The van der Waals surface area contributed by atoms with Gasteiger partial charge in [-0.15, -0.1) is 0 Å². The van der Waals surface area contributed by atoms with Crippen molar-refractivity contribution >= 4 is 19.9 Å². The summed E-state index contributed by atoms with van der Waals surface area (Å²) in [5, 5.41) is 4.38. The molecule has 0 spiro atoms. The van der Waals surface area contributed by atoms with Crippen molar-refractivity contribution in [1.29, 1.82) is 0 Å². The van der Waals surface area contributed by atoms with Gasteiger partial charge in [-0.3, -0.25) is 0 Å². The van der Waals surface area contributed by atoms with Crippen LogP contribution in [0.15, 0.2) is 15.7 Å². The fourth-order valence-corrected chi connectivity index (χ4v) is 4.40. The van der Waals surface area contributed by atoms with Crippen LogP contribution in [0.25, 0.3) is 0 Å². The summed E-state index contributed by atoms with van der Waals surface area (Å²) >= 11 is 3.53. The standard InChI is InChI=1S/C5H5AtS2/c1-4-2-7-3-5(4)8-6/h2-3H,1H3. The van der Waals surface area contributed by atoms with E-state index in [1.165, 1.54) is 10.5 Å². The van der Waals surface area contributed by atoms with Gasteiger partial charge in [-0.1, -0.05) is 0 Å². The minimum atomic E-state index is 1.42. The monoisotopic (exact) mass is 339 g/mol. The van der Waals surface area contributed by atoms with Crippen molar-refractivity contribution < 1.29 is 23.3 Å². The van der Waals surface area contributed by atoms with E-state index in [1.54, 1.807) is 34.6 Å². The molecule has 0 amide bonds. The minimum absolute atomic E-state index is 1.42. The summed E-state index contributed by atoms with van der Waals surface area (Å²) in [5.41, 5.74) is 1.42. The van der Waals surface area contributed by atoms with E-state index in [-0.39, 0.29) is 0 Å². The van der Waals surface area contributed by atoms with Crippen molar-refractivity contribution in [2.24, 2.45) is 0 Å². The molecule has 0 unspecified atom stereocenters. The fraction of sp³-hybridized carbons (Fsp3) is 0.200. The molecule has 0 aromatic carbocycles. The van der Waals surface area contributed by atoms with E-state index in [4.69, 9.17) is 0 Å². The van der Waals surface area contributed by atoms with E-state index in [2.05, 4.69) is 17.7 Å². The molecule has 44 valence electrons. The Kier molecular flexibility index (Phi) is 2.81. The molecule has 8 heavy (non-hydrogen) atoms. The van der Waals surface area contributed by atoms with E-state index >= 15 is 0 Å². The number of hydrogen-bond acceptors (Lipinski definition) is 2. The van der Waals surface area contributed by atoms with Crippen molar-refractivity contribution in [3.05, 3.63) is 16.3 Å². The van der Waals surface area contributed by atoms with E-state index < -0.39 is 0 Å². The summed E-state index contributed by atoms with van der Waals surface area (Å²) in [7, 11) is 1.87. The molecule has 0 radical (unpaired) electrons. The molecule has 0 aliphatic heterocycles. The molecule has 1 heterocycles. The summed E-state index contributed by atoms with van der Waals surface area (Å²) in [6.07, 6.45) is 0. The van der Waals surface area contributed by atoms with Gasteiger partial charge in [0.05, 0.1) is 0 Å². The van der Waals surface area contributed by atoms with Crippen LogP contribution in [0.4, 0.5) is 0 Å². The van der Waals surface area contributed by atoms with E-state index in [0.717, 1.165) is 0 Å². The van der Waals surface area contributed by atoms with E-state index in [0.29, 0.717) is 0 Å². The number of hydrogen-bond donors (Lipinski definition) is 0. The Morgan fingerprint density at radius 3 is 2.62 bits per heavy atom. The Morgan fingerprint density at radius 1 is 1.62 bits per heavy atom. The molecule has 0 saturated carbocycles. The molecule has 0 N–H and O–H groups in total. The maximum absolute atomic E-state index is 2.19. The van der Waals surface area contributed by atoms with Crippen molar-refractivity contribution in [2.45, 2.75) is 11.8 Å². The van der Waals surface area contributed by atoms with Crippen molar-refractivity contribution in [3.8, 4) is 0 Å². The molecule has 3 heteroatoms.